The van der Waals surface area contributed by atoms with Crippen LogP contribution in [0.2, 0.25) is 0 Å². The van der Waals surface area contributed by atoms with Crippen molar-refractivity contribution in [1.82, 2.24) is 4.98 Å². The number of benzene rings is 2. The topological polar surface area (TPSA) is 54.0 Å². The molecule has 0 saturated heterocycles. The van der Waals surface area contributed by atoms with Gasteiger partial charge in [0, 0.05) is 35.2 Å². The van der Waals surface area contributed by atoms with Gasteiger partial charge in [-0.05, 0) is 59.9 Å². The van der Waals surface area contributed by atoms with Crippen molar-refractivity contribution in [2.45, 2.75) is 18.4 Å². The third-order valence-electron chi connectivity index (χ3n) is 5.70. The first-order valence-electron chi connectivity index (χ1n) is 9.63. The van der Waals surface area contributed by atoms with Crippen molar-refractivity contribution < 1.29 is 4.79 Å². The molecule has 1 aromatic heterocycles. The average molecular weight is 367 g/mol. The maximum Gasteiger partial charge on any atom is 0.255 e. The van der Waals surface area contributed by atoms with Crippen molar-refractivity contribution in [2.24, 2.45) is 5.92 Å². The minimum Gasteiger partial charge on any atom is -0.378 e. The van der Waals surface area contributed by atoms with Crippen LogP contribution in [0.4, 0.5) is 11.4 Å². The number of hydrogen-bond acceptors (Lipinski definition) is 3. The second-order valence-corrected chi connectivity index (χ2v) is 7.38. The summed E-state index contributed by atoms with van der Waals surface area (Å²) in [5.41, 5.74) is 5.07. The molecule has 2 heterocycles. The predicted molar refractivity (Wildman–Crippen MR) is 111 cm³/mol. The van der Waals surface area contributed by atoms with Gasteiger partial charge >= 0.3 is 0 Å². The van der Waals surface area contributed by atoms with E-state index in [1.165, 1.54) is 11.1 Å². The molecule has 3 unspecified atom stereocenters. The number of pyridine rings is 1. The van der Waals surface area contributed by atoms with E-state index in [1.807, 2.05) is 54.9 Å². The van der Waals surface area contributed by atoms with E-state index in [0.29, 0.717) is 17.4 Å². The Kier molecular flexibility index (Phi) is 4.17. The summed E-state index contributed by atoms with van der Waals surface area (Å²) in [5, 5.41) is 6.73. The monoisotopic (exact) mass is 367 g/mol. The van der Waals surface area contributed by atoms with E-state index < -0.39 is 0 Å². The minimum absolute atomic E-state index is 0.0870. The second-order valence-electron chi connectivity index (χ2n) is 7.38. The number of nitrogens with one attached hydrogen (secondary N) is 2. The van der Waals surface area contributed by atoms with Crippen molar-refractivity contribution in [1.29, 1.82) is 0 Å². The second kappa shape index (κ2) is 6.97. The molecule has 1 amide bonds. The summed E-state index contributed by atoms with van der Waals surface area (Å²) in [6.07, 6.45) is 9.37. The molecule has 4 heteroatoms. The lowest BCUT2D eigenvalue weighted by molar-refractivity contribution is 0.102. The molecule has 4 nitrogen and oxygen atoms in total. The van der Waals surface area contributed by atoms with Crippen molar-refractivity contribution in [3.8, 4) is 0 Å². The van der Waals surface area contributed by atoms with Crippen LogP contribution in [0.1, 0.15) is 39.9 Å². The van der Waals surface area contributed by atoms with Crippen LogP contribution in [0.15, 0.2) is 85.2 Å². The van der Waals surface area contributed by atoms with Crippen molar-refractivity contribution >= 4 is 17.3 Å². The van der Waals surface area contributed by atoms with Gasteiger partial charge in [-0.15, -0.1) is 0 Å². The SMILES string of the molecule is O=C(Nc1ccc2c(c1)C1C=CCC1C(c1cccnc1)N2)c1ccccc1. The van der Waals surface area contributed by atoms with E-state index in [2.05, 4.69) is 46.0 Å². The van der Waals surface area contributed by atoms with Crippen LogP contribution in [-0.2, 0) is 0 Å². The van der Waals surface area contributed by atoms with Gasteiger partial charge in [0.1, 0.15) is 0 Å². The van der Waals surface area contributed by atoms with Crippen LogP contribution in [0.3, 0.4) is 0 Å². The maximum absolute atomic E-state index is 12.5. The standard InChI is InChI=1S/C24H21N3O/c28-24(16-6-2-1-3-7-16)26-18-11-12-22-21(14-18)19-9-4-10-20(19)23(27-22)17-8-5-13-25-15-17/h1-9,11-15,19-20,23,27H,10H2,(H,26,28). The quantitative estimate of drug-likeness (QED) is 0.629. The van der Waals surface area contributed by atoms with Gasteiger partial charge in [0.2, 0.25) is 0 Å². The highest BCUT2D eigenvalue weighted by atomic mass is 16.1. The Morgan fingerprint density at radius 2 is 1.96 bits per heavy atom. The summed E-state index contributed by atoms with van der Waals surface area (Å²) in [5.74, 6) is 0.711. The van der Waals surface area contributed by atoms with Crippen molar-refractivity contribution in [3.05, 3.63) is 102 Å². The molecule has 138 valence electrons. The molecule has 2 aromatic carbocycles. The molecule has 1 aliphatic heterocycles. The zero-order chi connectivity index (χ0) is 18.9. The lowest BCUT2D eigenvalue weighted by atomic mass is 9.77. The Morgan fingerprint density at radius 1 is 1.07 bits per heavy atom. The third-order valence-corrected chi connectivity index (χ3v) is 5.70. The first-order chi connectivity index (χ1) is 13.8. The molecule has 2 aliphatic rings. The third kappa shape index (κ3) is 2.97. The number of nitrogens with zero attached hydrogens (tertiary/aromatic N) is 1. The Bertz CT molecular complexity index is 1030. The smallest absolute Gasteiger partial charge is 0.255 e. The van der Waals surface area contributed by atoms with Crippen LogP contribution in [0, 0.1) is 5.92 Å². The molecule has 0 spiro atoms. The lowest BCUT2D eigenvalue weighted by Gasteiger charge is -2.37. The molecular formula is C24H21N3O. The molecule has 0 fully saturated rings. The normalized spacial score (nSPS) is 22.1. The maximum atomic E-state index is 12.5. The Balaban J connectivity index is 1.45. The Labute approximate surface area is 164 Å². The summed E-state index contributed by atoms with van der Waals surface area (Å²) >= 11 is 0. The summed E-state index contributed by atoms with van der Waals surface area (Å²) in [4.78, 5) is 16.8. The molecule has 0 bridgehead atoms. The van der Waals surface area contributed by atoms with Crippen molar-refractivity contribution in [2.75, 3.05) is 10.6 Å². The molecule has 3 atom stereocenters. The highest BCUT2D eigenvalue weighted by Crippen LogP contribution is 2.50. The Morgan fingerprint density at radius 3 is 2.79 bits per heavy atom. The van der Waals surface area contributed by atoms with Crippen molar-refractivity contribution in [3.63, 3.8) is 0 Å². The molecule has 0 radical (unpaired) electrons. The summed E-state index contributed by atoms with van der Waals surface area (Å²) in [7, 11) is 0. The molecule has 3 aromatic rings. The summed E-state index contributed by atoms with van der Waals surface area (Å²) in [6.45, 7) is 0. The van der Waals surface area contributed by atoms with Crippen LogP contribution >= 0.6 is 0 Å². The van der Waals surface area contributed by atoms with Gasteiger partial charge in [-0.3, -0.25) is 9.78 Å². The van der Waals surface area contributed by atoms with E-state index in [4.69, 9.17) is 0 Å². The highest BCUT2D eigenvalue weighted by molar-refractivity contribution is 6.04. The fraction of sp³-hybridized carbons (Fsp3) is 0.167. The molecule has 2 N–H and O–H groups in total. The lowest BCUT2D eigenvalue weighted by Crippen LogP contribution is -2.29. The number of rotatable bonds is 3. The summed E-state index contributed by atoms with van der Waals surface area (Å²) in [6, 6.07) is 19.8. The Hall–Kier alpha value is -3.40. The number of fused-ring (bicyclic) bond motifs is 3. The van der Waals surface area contributed by atoms with Crippen LogP contribution in [-0.4, -0.2) is 10.9 Å². The van der Waals surface area contributed by atoms with Gasteiger partial charge in [0.25, 0.3) is 5.91 Å². The van der Waals surface area contributed by atoms with E-state index in [9.17, 15) is 4.79 Å². The van der Waals surface area contributed by atoms with Gasteiger partial charge < -0.3 is 10.6 Å². The average Bonchev–Trinajstić information content (AvgIpc) is 3.25. The zero-order valence-electron chi connectivity index (χ0n) is 15.4. The van der Waals surface area contributed by atoms with E-state index >= 15 is 0 Å². The van der Waals surface area contributed by atoms with Gasteiger partial charge in [-0.25, -0.2) is 0 Å². The molecule has 28 heavy (non-hydrogen) atoms. The molecule has 5 rings (SSSR count). The zero-order valence-corrected chi connectivity index (χ0v) is 15.4. The van der Waals surface area contributed by atoms with Crippen LogP contribution in [0.25, 0.3) is 0 Å². The number of amides is 1. The number of allylic oxidation sites excluding steroid dienone is 2. The van der Waals surface area contributed by atoms with Crippen LogP contribution in [0.5, 0.6) is 0 Å². The molecular weight excluding hydrogens is 346 g/mol. The molecule has 1 aliphatic carbocycles. The first-order valence-corrected chi connectivity index (χ1v) is 9.63. The van der Waals surface area contributed by atoms with Gasteiger partial charge in [-0.1, -0.05) is 36.4 Å². The number of hydrogen-bond donors (Lipinski definition) is 2. The number of carbonyl (C=O) groups excluding carboxylic acids is 1. The fourth-order valence-electron chi connectivity index (χ4n) is 4.35. The highest BCUT2D eigenvalue weighted by Gasteiger charge is 2.38. The number of aromatic nitrogens is 1. The number of carbonyl (C=O) groups is 1. The van der Waals surface area contributed by atoms with E-state index in [0.717, 1.165) is 17.8 Å². The number of anilines is 2. The van der Waals surface area contributed by atoms with Gasteiger partial charge in [0.15, 0.2) is 0 Å². The van der Waals surface area contributed by atoms with Crippen LogP contribution < -0.4 is 10.6 Å². The van der Waals surface area contributed by atoms with E-state index in [-0.39, 0.29) is 11.9 Å². The van der Waals surface area contributed by atoms with E-state index in [1.54, 1.807) is 0 Å². The summed E-state index contributed by atoms with van der Waals surface area (Å²) < 4.78 is 0. The van der Waals surface area contributed by atoms with Gasteiger partial charge in [0.05, 0.1) is 6.04 Å². The van der Waals surface area contributed by atoms with Gasteiger partial charge in [-0.2, -0.15) is 0 Å². The molecule has 0 saturated carbocycles. The first kappa shape index (κ1) is 16.8. The minimum atomic E-state index is -0.0870. The fourth-order valence-corrected chi connectivity index (χ4v) is 4.35. The predicted octanol–water partition coefficient (Wildman–Crippen LogP) is 5.16. The largest absolute Gasteiger partial charge is 0.378 e.